The van der Waals surface area contributed by atoms with Gasteiger partial charge in [-0.1, -0.05) is 30.3 Å². The molecule has 2 fully saturated rings. The van der Waals surface area contributed by atoms with E-state index >= 15 is 0 Å². The molecule has 0 aliphatic carbocycles. The summed E-state index contributed by atoms with van der Waals surface area (Å²) in [5, 5.41) is 3.08. The first kappa shape index (κ1) is 18.2. The highest BCUT2D eigenvalue weighted by atomic mass is 16.5. The van der Waals surface area contributed by atoms with Gasteiger partial charge in [0, 0.05) is 45.9 Å². The number of ether oxygens (including phenoxy) is 1. The number of urea groups is 1. The van der Waals surface area contributed by atoms with Crippen LogP contribution >= 0.6 is 0 Å². The molecule has 0 bridgehead atoms. The van der Waals surface area contributed by atoms with Gasteiger partial charge in [-0.15, -0.1) is 0 Å². The quantitative estimate of drug-likeness (QED) is 0.806. The van der Waals surface area contributed by atoms with E-state index in [9.17, 15) is 4.79 Å². The molecule has 1 unspecified atom stereocenters. The number of hydrogen-bond donors (Lipinski definition) is 1. The van der Waals surface area contributed by atoms with Gasteiger partial charge in [0.05, 0.1) is 6.10 Å². The van der Waals surface area contributed by atoms with Crippen molar-refractivity contribution in [1.82, 2.24) is 15.1 Å². The second-order valence-corrected chi connectivity index (χ2v) is 7.18. The Bertz CT molecular complexity index is 529. The van der Waals surface area contributed by atoms with E-state index in [0.29, 0.717) is 12.1 Å². The first-order chi connectivity index (χ1) is 12.3. The number of methoxy groups -OCH3 is 1. The van der Waals surface area contributed by atoms with Gasteiger partial charge < -0.3 is 15.0 Å². The fourth-order valence-corrected chi connectivity index (χ4v) is 3.96. The van der Waals surface area contributed by atoms with E-state index in [4.69, 9.17) is 4.74 Å². The van der Waals surface area contributed by atoms with E-state index in [-0.39, 0.29) is 6.03 Å². The number of hydrogen-bond acceptors (Lipinski definition) is 3. The van der Waals surface area contributed by atoms with E-state index in [1.54, 1.807) is 7.11 Å². The van der Waals surface area contributed by atoms with Gasteiger partial charge in [-0.3, -0.25) is 4.90 Å². The lowest BCUT2D eigenvalue weighted by Gasteiger charge is -2.36. The Morgan fingerprint density at radius 3 is 2.60 bits per heavy atom. The van der Waals surface area contributed by atoms with Crippen LogP contribution in [0.25, 0.3) is 0 Å². The average Bonchev–Trinajstić information content (AvgIpc) is 3.15. The normalized spacial score (nSPS) is 22.3. The highest BCUT2D eigenvalue weighted by molar-refractivity contribution is 5.74. The van der Waals surface area contributed by atoms with E-state index < -0.39 is 0 Å². The van der Waals surface area contributed by atoms with Crippen LogP contribution in [0, 0.1) is 0 Å². The minimum absolute atomic E-state index is 0.0997. The molecule has 3 rings (SSSR count). The average molecular weight is 345 g/mol. The number of amides is 2. The first-order valence-electron chi connectivity index (χ1n) is 9.60. The van der Waals surface area contributed by atoms with Gasteiger partial charge in [0.25, 0.3) is 0 Å². The summed E-state index contributed by atoms with van der Waals surface area (Å²) in [5.41, 5.74) is 1.33. The number of nitrogens with one attached hydrogen (secondary N) is 1. The number of piperidine rings is 1. The van der Waals surface area contributed by atoms with Crippen LogP contribution in [0.15, 0.2) is 30.3 Å². The largest absolute Gasteiger partial charge is 0.380 e. The molecule has 1 aromatic rings. The Kier molecular flexibility index (Phi) is 6.70. The van der Waals surface area contributed by atoms with Crippen LogP contribution < -0.4 is 5.32 Å². The zero-order chi connectivity index (χ0) is 17.5. The zero-order valence-electron chi connectivity index (χ0n) is 15.3. The topological polar surface area (TPSA) is 44.8 Å². The predicted molar refractivity (Wildman–Crippen MR) is 99.7 cm³/mol. The first-order valence-corrected chi connectivity index (χ1v) is 9.60. The summed E-state index contributed by atoms with van der Waals surface area (Å²) in [4.78, 5) is 16.8. The monoisotopic (exact) mass is 345 g/mol. The molecule has 0 radical (unpaired) electrons. The van der Waals surface area contributed by atoms with Crippen LogP contribution in [-0.2, 0) is 11.2 Å². The SMILES string of the molecule is COC1CCN(C2CCN(C(=O)NCCCc3ccccc3)CC2)C1. The number of likely N-dealkylation sites (tertiary alicyclic amines) is 2. The van der Waals surface area contributed by atoms with Crippen molar-refractivity contribution in [2.24, 2.45) is 0 Å². The molecule has 1 aromatic carbocycles. The van der Waals surface area contributed by atoms with Crippen LogP contribution in [0.4, 0.5) is 4.79 Å². The van der Waals surface area contributed by atoms with Crippen molar-refractivity contribution in [3.05, 3.63) is 35.9 Å². The minimum atomic E-state index is 0.0997. The summed E-state index contributed by atoms with van der Waals surface area (Å²) in [5.74, 6) is 0. The van der Waals surface area contributed by atoms with Crippen LogP contribution in [0.2, 0.25) is 0 Å². The van der Waals surface area contributed by atoms with Crippen LogP contribution in [-0.4, -0.2) is 67.8 Å². The molecule has 5 heteroatoms. The lowest BCUT2D eigenvalue weighted by Crippen LogP contribution is -2.49. The standard InChI is InChI=1S/C20H31N3O2/c1-25-19-11-15-23(16-19)18-9-13-22(14-10-18)20(24)21-12-5-8-17-6-3-2-4-7-17/h2-4,6-7,18-19H,5,8-16H2,1H3,(H,21,24). The van der Waals surface area contributed by atoms with Gasteiger partial charge in [-0.05, 0) is 37.7 Å². The molecule has 0 aromatic heterocycles. The number of carbonyl (C=O) groups excluding carboxylic acids is 1. The Hall–Kier alpha value is -1.59. The van der Waals surface area contributed by atoms with Gasteiger partial charge in [-0.2, -0.15) is 0 Å². The third-order valence-electron chi connectivity index (χ3n) is 5.54. The molecule has 0 saturated carbocycles. The Balaban J connectivity index is 1.32. The second-order valence-electron chi connectivity index (χ2n) is 7.18. The number of carbonyl (C=O) groups is 1. The smallest absolute Gasteiger partial charge is 0.317 e. The Morgan fingerprint density at radius 2 is 1.92 bits per heavy atom. The van der Waals surface area contributed by atoms with Crippen LogP contribution in [0.5, 0.6) is 0 Å². The molecular weight excluding hydrogens is 314 g/mol. The molecule has 2 aliphatic rings. The molecule has 1 atom stereocenters. The third-order valence-corrected chi connectivity index (χ3v) is 5.54. The summed E-state index contributed by atoms with van der Waals surface area (Å²) in [6, 6.07) is 11.1. The lowest BCUT2D eigenvalue weighted by molar-refractivity contribution is 0.0879. The second kappa shape index (κ2) is 9.20. The maximum atomic E-state index is 12.3. The van der Waals surface area contributed by atoms with Gasteiger partial charge in [0.15, 0.2) is 0 Å². The fourth-order valence-electron chi connectivity index (χ4n) is 3.96. The van der Waals surface area contributed by atoms with Crippen molar-refractivity contribution in [2.75, 3.05) is 39.8 Å². The summed E-state index contributed by atoms with van der Waals surface area (Å²) in [7, 11) is 1.80. The van der Waals surface area contributed by atoms with Crippen LogP contribution in [0.3, 0.4) is 0 Å². The summed E-state index contributed by atoms with van der Waals surface area (Å²) in [6.45, 7) is 4.66. The number of nitrogens with zero attached hydrogens (tertiary/aromatic N) is 2. The summed E-state index contributed by atoms with van der Waals surface area (Å²) >= 11 is 0. The predicted octanol–water partition coefficient (Wildman–Crippen LogP) is 2.51. The van der Waals surface area contributed by atoms with E-state index in [2.05, 4.69) is 34.5 Å². The molecule has 5 nitrogen and oxygen atoms in total. The summed E-state index contributed by atoms with van der Waals surface area (Å²) in [6.07, 6.45) is 5.68. The minimum Gasteiger partial charge on any atom is -0.380 e. The van der Waals surface area contributed by atoms with Gasteiger partial charge in [0.2, 0.25) is 0 Å². The van der Waals surface area contributed by atoms with Crippen molar-refractivity contribution >= 4 is 6.03 Å². The maximum Gasteiger partial charge on any atom is 0.317 e. The fraction of sp³-hybridized carbons (Fsp3) is 0.650. The van der Waals surface area contributed by atoms with Gasteiger partial charge in [0.1, 0.15) is 0 Å². The van der Waals surface area contributed by atoms with Crippen molar-refractivity contribution in [3.8, 4) is 0 Å². The van der Waals surface area contributed by atoms with Crippen molar-refractivity contribution in [2.45, 2.75) is 44.2 Å². The highest BCUT2D eigenvalue weighted by Gasteiger charge is 2.31. The third kappa shape index (κ3) is 5.19. The van der Waals surface area contributed by atoms with Crippen molar-refractivity contribution in [1.29, 1.82) is 0 Å². The molecule has 25 heavy (non-hydrogen) atoms. The Labute approximate surface area is 151 Å². The number of rotatable bonds is 6. The molecule has 0 spiro atoms. The zero-order valence-corrected chi connectivity index (χ0v) is 15.3. The maximum absolute atomic E-state index is 12.3. The molecule has 2 amide bonds. The molecule has 2 heterocycles. The van der Waals surface area contributed by atoms with Gasteiger partial charge in [-0.25, -0.2) is 4.79 Å². The van der Waals surface area contributed by atoms with Crippen molar-refractivity contribution in [3.63, 3.8) is 0 Å². The highest BCUT2D eigenvalue weighted by Crippen LogP contribution is 2.22. The number of benzene rings is 1. The molecular formula is C20H31N3O2. The van der Waals surface area contributed by atoms with Crippen molar-refractivity contribution < 1.29 is 9.53 Å². The lowest BCUT2D eigenvalue weighted by atomic mass is 10.0. The van der Waals surface area contributed by atoms with E-state index in [1.807, 2.05) is 11.0 Å². The number of aryl methyl sites for hydroxylation is 1. The van der Waals surface area contributed by atoms with Gasteiger partial charge >= 0.3 is 6.03 Å². The van der Waals surface area contributed by atoms with Crippen LogP contribution in [0.1, 0.15) is 31.2 Å². The van der Waals surface area contributed by atoms with E-state index in [1.165, 1.54) is 5.56 Å². The Morgan fingerprint density at radius 1 is 1.16 bits per heavy atom. The molecule has 138 valence electrons. The molecule has 2 saturated heterocycles. The summed E-state index contributed by atoms with van der Waals surface area (Å²) < 4.78 is 5.46. The molecule has 2 aliphatic heterocycles. The van der Waals surface area contributed by atoms with E-state index in [0.717, 1.165) is 64.8 Å². The molecule has 1 N–H and O–H groups in total.